The minimum absolute atomic E-state index is 0.269. The fourth-order valence-electron chi connectivity index (χ4n) is 0.957. The van der Waals surface area contributed by atoms with Crippen molar-refractivity contribution in [3.05, 3.63) is 11.8 Å². The topological polar surface area (TPSA) is 58.6 Å². The van der Waals surface area contributed by atoms with E-state index in [1.807, 2.05) is 0 Å². The lowest BCUT2D eigenvalue weighted by Gasteiger charge is -2.23. The number of hydrogen-bond acceptors (Lipinski definition) is 3. The molecule has 0 atom stereocenters. The van der Waals surface area contributed by atoms with Gasteiger partial charge in [0.25, 0.3) is 0 Å². The quantitative estimate of drug-likeness (QED) is 0.663. The van der Waals surface area contributed by atoms with Gasteiger partial charge in [-0.3, -0.25) is 0 Å². The Balaban J connectivity index is 2.62. The Morgan fingerprint density at radius 3 is 3.00 bits per heavy atom. The van der Waals surface area contributed by atoms with Gasteiger partial charge in [-0.25, -0.2) is 14.5 Å². The number of carbonyl (C=O) groups is 2. The summed E-state index contributed by atoms with van der Waals surface area (Å²) in [5.74, 6) is 0. The van der Waals surface area contributed by atoms with Crippen molar-refractivity contribution in [2.24, 2.45) is 0 Å². The fraction of sp³-hybridized carbons (Fsp3) is 0.500. The predicted molar refractivity (Wildman–Crippen MR) is 46.0 cm³/mol. The molecular weight excluding hydrogens is 172 g/mol. The number of nitrogens with one attached hydrogen (secondary N) is 1. The van der Waals surface area contributed by atoms with Crippen molar-refractivity contribution in [2.75, 3.05) is 13.2 Å². The zero-order chi connectivity index (χ0) is 9.84. The maximum absolute atomic E-state index is 11.2. The molecule has 0 saturated heterocycles. The average molecular weight is 184 g/mol. The first-order valence-corrected chi connectivity index (χ1v) is 4.07. The molecule has 1 heterocycles. The van der Waals surface area contributed by atoms with E-state index in [-0.39, 0.29) is 13.2 Å². The lowest BCUT2D eigenvalue weighted by atomic mass is 10.3. The van der Waals surface area contributed by atoms with Crippen molar-refractivity contribution in [2.45, 2.75) is 13.8 Å². The van der Waals surface area contributed by atoms with E-state index < -0.39 is 12.1 Å². The van der Waals surface area contributed by atoms with Gasteiger partial charge >= 0.3 is 12.1 Å². The molecule has 5 nitrogen and oxygen atoms in total. The Morgan fingerprint density at radius 1 is 1.77 bits per heavy atom. The summed E-state index contributed by atoms with van der Waals surface area (Å²) in [5, 5.41) is 2.52. The van der Waals surface area contributed by atoms with Gasteiger partial charge < -0.3 is 10.1 Å². The van der Waals surface area contributed by atoms with Crippen LogP contribution in [0, 0.1) is 0 Å². The molecule has 0 bridgehead atoms. The number of hydrogen-bond donors (Lipinski definition) is 1. The molecular formula is C8H12N2O3. The second-order valence-corrected chi connectivity index (χ2v) is 2.63. The largest absolute Gasteiger partial charge is 0.449 e. The third kappa shape index (κ3) is 2.21. The molecule has 1 rings (SSSR count). The van der Waals surface area contributed by atoms with Crippen LogP contribution in [0.25, 0.3) is 0 Å². The van der Waals surface area contributed by atoms with Gasteiger partial charge in [-0.2, -0.15) is 0 Å². The highest BCUT2D eigenvalue weighted by Crippen LogP contribution is 2.03. The first-order chi connectivity index (χ1) is 6.15. The Hall–Kier alpha value is -1.52. The molecule has 5 heteroatoms. The lowest BCUT2D eigenvalue weighted by Crippen LogP contribution is -2.46. The van der Waals surface area contributed by atoms with Gasteiger partial charge in [0.1, 0.15) is 0 Å². The summed E-state index contributed by atoms with van der Waals surface area (Å²) in [6.07, 6.45) is 1.14. The maximum atomic E-state index is 11.2. The zero-order valence-electron chi connectivity index (χ0n) is 7.66. The van der Waals surface area contributed by atoms with Gasteiger partial charge in [-0.05, 0) is 19.9 Å². The van der Waals surface area contributed by atoms with Crippen molar-refractivity contribution in [1.29, 1.82) is 0 Å². The normalized spacial score (nSPS) is 16.3. The van der Waals surface area contributed by atoms with E-state index in [0.717, 1.165) is 10.6 Å². The molecule has 1 N–H and O–H groups in total. The van der Waals surface area contributed by atoms with Crippen LogP contribution in [0.15, 0.2) is 11.8 Å². The molecule has 0 fully saturated rings. The summed E-state index contributed by atoms with van der Waals surface area (Å²) in [7, 11) is 0. The lowest BCUT2D eigenvalue weighted by molar-refractivity contribution is 0.117. The van der Waals surface area contributed by atoms with Crippen LogP contribution in [0.3, 0.4) is 0 Å². The van der Waals surface area contributed by atoms with E-state index in [1.165, 1.54) is 0 Å². The number of rotatable bonds is 1. The Labute approximate surface area is 76.3 Å². The summed E-state index contributed by atoms with van der Waals surface area (Å²) < 4.78 is 4.68. The van der Waals surface area contributed by atoms with Crippen LogP contribution in [0.1, 0.15) is 13.8 Å². The molecule has 0 radical (unpaired) electrons. The molecule has 0 unspecified atom stereocenters. The van der Waals surface area contributed by atoms with Gasteiger partial charge in [-0.1, -0.05) is 0 Å². The molecule has 0 saturated carbocycles. The summed E-state index contributed by atoms with van der Waals surface area (Å²) in [6, 6.07) is -0.432. The van der Waals surface area contributed by atoms with Crippen molar-refractivity contribution in [1.82, 2.24) is 10.2 Å². The first-order valence-electron chi connectivity index (χ1n) is 4.07. The first kappa shape index (κ1) is 9.57. The van der Waals surface area contributed by atoms with Crippen LogP contribution in [0.2, 0.25) is 0 Å². The second-order valence-electron chi connectivity index (χ2n) is 2.63. The van der Waals surface area contributed by atoms with Crippen molar-refractivity contribution in [3.63, 3.8) is 0 Å². The number of urea groups is 1. The van der Waals surface area contributed by atoms with E-state index in [4.69, 9.17) is 0 Å². The SMILES string of the molecule is CCOC(=O)N1CC=C(C)NC1=O. The molecule has 0 aromatic carbocycles. The molecule has 1 aliphatic rings. The number of ether oxygens (including phenoxy) is 1. The summed E-state index contributed by atoms with van der Waals surface area (Å²) >= 11 is 0. The second kappa shape index (κ2) is 3.93. The third-order valence-corrected chi connectivity index (χ3v) is 1.62. The highest BCUT2D eigenvalue weighted by Gasteiger charge is 2.24. The van der Waals surface area contributed by atoms with Gasteiger partial charge in [0.15, 0.2) is 0 Å². The highest BCUT2D eigenvalue weighted by atomic mass is 16.6. The number of nitrogens with zero attached hydrogens (tertiary/aromatic N) is 1. The Kier molecular flexibility index (Phi) is 2.89. The van der Waals surface area contributed by atoms with E-state index >= 15 is 0 Å². The summed E-state index contributed by atoms with van der Waals surface area (Å²) in [6.45, 7) is 4.00. The van der Waals surface area contributed by atoms with Crippen LogP contribution < -0.4 is 5.32 Å². The zero-order valence-corrected chi connectivity index (χ0v) is 7.66. The van der Waals surface area contributed by atoms with Crippen LogP contribution in [-0.2, 0) is 4.74 Å². The van der Waals surface area contributed by atoms with Gasteiger partial charge in [0.2, 0.25) is 0 Å². The van der Waals surface area contributed by atoms with E-state index in [2.05, 4.69) is 10.1 Å². The van der Waals surface area contributed by atoms with Gasteiger partial charge in [0, 0.05) is 5.70 Å². The summed E-state index contributed by atoms with van der Waals surface area (Å²) in [5.41, 5.74) is 0.755. The van der Waals surface area contributed by atoms with Crippen LogP contribution >= 0.6 is 0 Å². The molecule has 3 amide bonds. The number of imide groups is 1. The third-order valence-electron chi connectivity index (χ3n) is 1.62. The summed E-state index contributed by atoms with van der Waals surface area (Å²) in [4.78, 5) is 23.3. The predicted octanol–water partition coefficient (Wildman–Crippen LogP) is 1.07. The van der Waals surface area contributed by atoms with Crippen molar-refractivity contribution < 1.29 is 14.3 Å². The van der Waals surface area contributed by atoms with Gasteiger partial charge in [-0.15, -0.1) is 0 Å². The van der Waals surface area contributed by atoms with E-state index in [0.29, 0.717) is 0 Å². The Bertz CT molecular complexity index is 260. The van der Waals surface area contributed by atoms with Crippen molar-refractivity contribution in [3.8, 4) is 0 Å². The van der Waals surface area contributed by atoms with Crippen LogP contribution in [-0.4, -0.2) is 30.2 Å². The molecule has 72 valence electrons. The molecule has 0 aromatic rings. The molecule has 0 aliphatic carbocycles. The molecule has 0 aromatic heterocycles. The standard InChI is InChI=1S/C8H12N2O3/c1-3-13-8(12)10-5-4-6(2)9-7(10)11/h4H,3,5H2,1-2H3,(H,9,11). The van der Waals surface area contributed by atoms with Crippen LogP contribution in [0.5, 0.6) is 0 Å². The molecule has 1 aliphatic heterocycles. The minimum atomic E-state index is -0.608. The number of carbonyl (C=O) groups excluding carboxylic acids is 2. The van der Waals surface area contributed by atoms with Crippen molar-refractivity contribution >= 4 is 12.1 Å². The Morgan fingerprint density at radius 2 is 2.46 bits per heavy atom. The van der Waals surface area contributed by atoms with Gasteiger partial charge in [0.05, 0.1) is 13.2 Å². The smallest absolute Gasteiger partial charge is 0.418 e. The fourth-order valence-corrected chi connectivity index (χ4v) is 0.957. The monoisotopic (exact) mass is 184 g/mol. The average Bonchev–Trinajstić information content (AvgIpc) is 2.04. The van der Waals surface area contributed by atoms with E-state index in [9.17, 15) is 9.59 Å². The number of amides is 3. The molecule has 0 spiro atoms. The minimum Gasteiger partial charge on any atom is -0.449 e. The highest BCUT2D eigenvalue weighted by molar-refractivity contribution is 5.92. The maximum Gasteiger partial charge on any atom is 0.418 e. The molecule has 13 heavy (non-hydrogen) atoms. The van der Waals surface area contributed by atoms with Crippen LogP contribution in [0.4, 0.5) is 9.59 Å². The number of allylic oxidation sites excluding steroid dienone is 1. The van der Waals surface area contributed by atoms with E-state index in [1.54, 1.807) is 19.9 Å².